The summed E-state index contributed by atoms with van der Waals surface area (Å²) >= 11 is 3.43. The van der Waals surface area contributed by atoms with E-state index in [4.69, 9.17) is 9.90 Å². The third-order valence-electron chi connectivity index (χ3n) is 1.31. The van der Waals surface area contributed by atoms with Crippen molar-refractivity contribution in [2.75, 3.05) is 7.11 Å². The van der Waals surface area contributed by atoms with Crippen LogP contribution in [0.1, 0.15) is 11.1 Å². The maximum Gasteiger partial charge on any atom is 0.106 e. The van der Waals surface area contributed by atoms with Crippen LogP contribution in [-0.2, 0) is 4.79 Å². The van der Waals surface area contributed by atoms with Gasteiger partial charge in [-0.25, -0.2) is 0 Å². The van der Waals surface area contributed by atoms with Crippen LogP contribution in [0.5, 0.6) is 0 Å². The zero-order valence-electron chi connectivity index (χ0n) is 8.17. The van der Waals surface area contributed by atoms with Gasteiger partial charge in [0, 0.05) is 11.6 Å². The molecule has 0 aliphatic carbocycles. The summed E-state index contributed by atoms with van der Waals surface area (Å²) in [6.45, 7) is 6.19. The predicted octanol–water partition coefficient (Wildman–Crippen LogP) is 2.49. The van der Waals surface area contributed by atoms with Gasteiger partial charge in [-0.15, -0.1) is 0 Å². The van der Waals surface area contributed by atoms with E-state index in [1.807, 2.05) is 6.79 Å². The first kappa shape index (κ1) is 14.8. The Bertz CT molecular complexity index is 236. The van der Waals surface area contributed by atoms with E-state index in [1.165, 1.54) is 15.6 Å². The molecule has 0 heterocycles. The molecule has 2 nitrogen and oxygen atoms in total. The molecular formula is C10H15BrO2. The first-order chi connectivity index (χ1) is 6.20. The molecule has 3 heteroatoms. The van der Waals surface area contributed by atoms with Crippen molar-refractivity contribution in [1.29, 1.82) is 0 Å². The maximum absolute atomic E-state index is 8.00. The molecule has 74 valence electrons. The van der Waals surface area contributed by atoms with Crippen LogP contribution in [0.2, 0.25) is 0 Å². The molecule has 1 aromatic rings. The molecule has 13 heavy (non-hydrogen) atoms. The molecule has 1 aromatic carbocycles. The summed E-state index contributed by atoms with van der Waals surface area (Å²) < 4.78 is 1.19. The number of hydrogen-bond acceptors (Lipinski definition) is 2. The number of hydrogen-bond donors (Lipinski definition) is 1. The van der Waals surface area contributed by atoms with Gasteiger partial charge in [-0.05, 0) is 25.5 Å². The second kappa shape index (κ2) is 9.42. The summed E-state index contributed by atoms with van der Waals surface area (Å²) in [5.41, 5.74) is 2.62. The number of aliphatic hydroxyl groups excluding tert-OH is 1. The molecule has 0 aromatic heterocycles. The van der Waals surface area contributed by atoms with Crippen molar-refractivity contribution in [1.82, 2.24) is 0 Å². The van der Waals surface area contributed by atoms with Crippen LogP contribution in [0.3, 0.4) is 0 Å². The van der Waals surface area contributed by atoms with Gasteiger partial charge >= 0.3 is 0 Å². The van der Waals surface area contributed by atoms with Gasteiger partial charge in [0.1, 0.15) is 6.79 Å². The summed E-state index contributed by atoms with van der Waals surface area (Å²) in [7, 11) is 1.00. The molecule has 0 radical (unpaired) electrons. The van der Waals surface area contributed by atoms with Gasteiger partial charge in [0.05, 0.1) is 0 Å². The standard InChI is InChI=1S/C8H9Br.CH4O.CH2O/c1-6-3-4-8(9)7(2)5-6;2*1-2/h3-5H,1-2H3;2H,1H3;1H2. The Morgan fingerprint density at radius 1 is 1.23 bits per heavy atom. The predicted molar refractivity (Wildman–Crippen MR) is 58.9 cm³/mol. The van der Waals surface area contributed by atoms with Crippen molar-refractivity contribution in [3.05, 3.63) is 33.8 Å². The molecule has 0 aliphatic rings. The van der Waals surface area contributed by atoms with Gasteiger partial charge in [0.15, 0.2) is 0 Å². The Morgan fingerprint density at radius 2 is 1.69 bits per heavy atom. The molecule has 0 amide bonds. The second-order valence-corrected chi connectivity index (χ2v) is 3.11. The molecule has 0 aliphatic heterocycles. The minimum Gasteiger partial charge on any atom is -0.400 e. The van der Waals surface area contributed by atoms with E-state index in [2.05, 4.69) is 48.0 Å². The Kier molecular flexibility index (Phi) is 10.7. The normalized spacial score (nSPS) is 7.46. The van der Waals surface area contributed by atoms with E-state index in [0.29, 0.717) is 0 Å². The Hall–Kier alpha value is -0.670. The average molecular weight is 247 g/mol. The topological polar surface area (TPSA) is 37.3 Å². The fourth-order valence-corrected chi connectivity index (χ4v) is 1.04. The third-order valence-corrected chi connectivity index (χ3v) is 2.20. The molecule has 0 fully saturated rings. The second-order valence-electron chi connectivity index (χ2n) is 2.25. The lowest BCUT2D eigenvalue weighted by molar-refractivity contribution is -0.0979. The van der Waals surface area contributed by atoms with Crippen molar-refractivity contribution in [2.24, 2.45) is 0 Å². The van der Waals surface area contributed by atoms with Crippen LogP contribution in [0.4, 0.5) is 0 Å². The molecule has 1 N–H and O–H groups in total. The number of aryl methyl sites for hydroxylation is 2. The monoisotopic (exact) mass is 246 g/mol. The van der Waals surface area contributed by atoms with Gasteiger partial charge in [-0.3, -0.25) is 0 Å². The minimum atomic E-state index is 1.00. The van der Waals surface area contributed by atoms with Gasteiger partial charge in [0.25, 0.3) is 0 Å². The quantitative estimate of drug-likeness (QED) is 0.764. The van der Waals surface area contributed by atoms with E-state index >= 15 is 0 Å². The van der Waals surface area contributed by atoms with Crippen molar-refractivity contribution >= 4 is 22.7 Å². The van der Waals surface area contributed by atoms with Crippen molar-refractivity contribution in [3.8, 4) is 0 Å². The highest BCUT2D eigenvalue weighted by Crippen LogP contribution is 2.15. The van der Waals surface area contributed by atoms with Crippen molar-refractivity contribution in [3.63, 3.8) is 0 Å². The lowest BCUT2D eigenvalue weighted by Gasteiger charge is -1.96. The van der Waals surface area contributed by atoms with E-state index in [1.54, 1.807) is 0 Å². The van der Waals surface area contributed by atoms with Crippen LogP contribution in [0.15, 0.2) is 22.7 Å². The van der Waals surface area contributed by atoms with E-state index in [-0.39, 0.29) is 0 Å². The summed E-state index contributed by atoms with van der Waals surface area (Å²) in [4.78, 5) is 8.00. The highest BCUT2D eigenvalue weighted by molar-refractivity contribution is 9.10. The van der Waals surface area contributed by atoms with E-state index in [9.17, 15) is 0 Å². The highest BCUT2D eigenvalue weighted by atomic mass is 79.9. The first-order valence-corrected chi connectivity index (χ1v) is 4.46. The molecule has 0 saturated heterocycles. The molecule has 0 atom stereocenters. The summed E-state index contributed by atoms with van der Waals surface area (Å²) in [6, 6.07) is 6.33. The van der Waals surface area contributed by atoms with E-state index in [0.717, 1.165) is 7.11 Å². The zero-order valence-corrected chi connectivity index (χ0v) is 9.76. The van der Waals surface area contributed by atoms with Crippen molar-refractivity contribution in [2.45, 2.75) is 13.8 Å². The minimum absolute atomic E-state index is 1.00. The van der Waals surface area contributed by atoms with Crippen LogP contribution in [0, 0.1) is 13.8 Å². The number of carbonyl (C=O) groups is 1. The lowest BCUT2D eigenvalue weighted by atomic mass is 10.2. The number of carbonyl (C=O) groups excluding carboxylic acids is 1. The Balaban J connectivity index is 0. The van der Waals surface area contributed by atoms with E-state index < -0.39 is 0 Å². The first-order valence-electron chi connectivity index (χ1n) is 3.66. The zero-order chi connectivity index (χ0) is 10.9. The number of aliphatic hydroxyl groups is 1. The van der Waals surface area contributed by atoms with Crippen LogP contribution in [-0.4, -0.2) is 19.0 Å². The molecule has 0 spiro atoms. The molecular weight excluding hydrogens is 232 g/mol. The fraction of sp³-hybridized carbons (Fsp3) is 0.300. The Labute approximate surface area is 87.7 Å². The molecule has 1 rings (SSSR count). The number of halogens is 1. The summed E-state index contributed by atoms with van der Waals surface area (Å²) in [5, 5.41) is 7.00. The third kappa shape index (κ3) is 6.49. The van der Waals surface area contributed by atoms with Gasteiger partial charge in [-0.1, -0.05) is 33.6 Å². The summed E-state index contributed by atoms with van der Waals surface area (Å²) in [5.74, 6) is 0. The number of benzene rings is 1. The van der Waals surface area contributed by atoms with Gasteiger partial charge in [-0.2, -0.15) is 0 Å². The average Bonchev–Trinajstić information content (AvgIpc) is 2.18. The molecule has 0 bridgehead atoms. The van der Waals surface area contributed by atoms with Crippen molar-refractivity contribution < 1.29 is 9.90 Å². The molecule has 0 saturated carbocycles. The maximum atomic E-state index is 8.00. The fourth-order valence-electron chi connectivity index (χ4n) is 0.795. The lowest BCUT2D eigenvalue weighted by Crippen LogP contribution is -1.75. The van der Waals surface area contributed by atoms with Gasteiger partial charge < -0.3 is 9.90 Å². The Morgan fingerprint density at radius 3 is 2.00 bits per heavy atom. The van der Waals surface area contributed by atoms with Crippen LogP contribution < -0.4 is 0 Å². The van der Waals surface area contributed by atoms with Crippen LogP contribution in [0.25, 0.3) is 0 Å². The molecule has 0 unspecified atom stereocenters. The SMILES string of the molecule is C=O.CO.Cc1ccc(Br)c(C)c1. The smallest absolute Gasteiger partial charge is 0.106 e. The number of rotatable bonds is 0. The van der Waals surface area contributed by atoms with Gasteiger partial charge in [0.2, 0.25) is 0 Å². The summed E-state index contributed by atoms with van der Waals surface area (Å²) in [6.07, 6.45) is 0. The van der Waals surface area contributed by atoms with Crippen LogP contribution >= 0.6 is 15.9 Å². The highest BCUT2D eigenvalue weighted by Gasteiger charge is 1.90. The largest absolute Gasteiger partial charge is 0.400 e.